The number of benzene rings is 2. The molecule has 122 valence electrons. The number of thiocarbonyl (C=S) groups is 1. The van der Waals surface area contributed by atoms with Gasteiger partial charge >= 0.3 is 0 Å². The van der Waals surface area contributed by atoms with Crippen LogP contribution in [0.1, 0.15) is 18.1 Å². The first-order valence-corrected chi connectivity index (χ1v) is 8.37. The van der Waals surface area contributed by atoms with E-state index in [1.165, 1.54) is 11.1 Å². The summed E-state index contributed by atoms with van der Waals surface area (Å²) in [6.45, 7) is 2.88. The van der Waals surface area contributed by atoms with Gasteiger partial charge in [-0.1, -0.05) is 31.2 Å². The smallest absolute Gasteiger partial charge is 0.175 e. The van der Waals surface area contributed by atoms with Crippen LogP contribution in [0.5, 0.6) is 0 Å². The summed E-state index contributed by atoms with van der Waals surface area (Å²) in [5.41, 5.74) is 4.42. The zero-order valence-corrected chi connectivity index (χ0v) is 14.4. The van der Waals surface area contributed by atoms with Crippen molar-refractivity contribution >= 4 is 28.7 Å². The molecular formula is C19H20N4S. The molecule has 3 aromatic rings. The molecular weight excluding hydrogens is 316 g/mol. The molecule has 2 aromatic carbocycles. The van der Waals surface area contributed by atoms with E-state index in [1.807, 2.05) is 41.2 Å². The van der Waals surface area contributed by atoms with Crippen LogP contribution in [0.3, 0.4) is 0 Å². The van der Waals surface area contributed by atoms with E-state index in [0.29, 0.717) is 5.11 Å². The van der Waals surface area contributed by atoms with Crippen LogP contribution >= 0.6 is 12.2 Å². The molecule has 2 N–H and O–H groups in total. The van der Waals surface area contributed by atoms with E-state index in [1.54, 1.807) is 6.20 Å². The van der Waals surface area contributed by atoms with Crippen molar-refractivity contribution in [1.82, 2.24) is 9.78 Å². The molecule has 24 heavy (non-hydrogen) atoms. The molecule has 3 rings (SSSR count). The van der Waals surface area contributed by atoms with Gasteiger partial charge in [0, 0.05) is 23.8 Å². The molecule has 0 spiro atoms. The Morgan fingerprint density at radius 1 is 1.00 bits per heavy atom. The van der Waals surface area contributed by atoms with Gasteiger partial charge in [0.25, 0.3) is 0 Å². The molecule has 1 aromatic heterocycles. The van der Waals surface area contributed by atoms with Gasteiger partial charge in [-0.15, -0.1) is 0 Å². The SMILES string of the molecule is CCc1ccc(NC(=S)Nc2cccc(Cn3cccn3)c2)cc1. The van der Waals surface area contributed by atoms with Gasteiger partial charge in [-0.25, -0.2) is 0 Å². The van der Waals surface area contributed by atoms with Gasteiger partial charge in [-0.3, -0.25) is 4.68 Å². The Morgan fingerprint density at radius 2 is 1.79 bits per heavy atom. The topological polar surface area (TPSA) is 41.9 Å². The van der Waals surface area contributed by atoms with Crippen molar-refractivity contribution in [1.29, 1.82) is 0 Å². The van der Waals surface area contributed by atoms with Crippen molar-refractivity contribution in [2.24, 2.45) is 0 Å². The van der Waals surface area contributed by atoms with Gasteiger partial charge in [-0.05, 0) is 60.1 Å². The summed E-state index contributed by atoms with van der Waals surface area (Å²) in [4.78, 5) is 0. The molecule has 0 amide bonds. The second-order valence-corrected chi connectivity index (χ2v) is 5.94. The average molecular weight is 336 g/mol. The molecule has 0 saturated heterocycles. The van der Waals surface area contributed by atoms with Gasteiger partial charge in [0.2, 0.25) is 0 Å². The third-order valence-corrected chi connectivity index (χ3v) is 3.91. The molecule has 4 nitrogen and oxygen atoms in total. The number of aromatic nitrogens is 2. The second kappa shape index (κ2) is 7.75. The molecule has 0 atom stereocenters. The standard InChI is InChI=1S/C19H20N4S/c1-2-15-7-9-17(10-8-15)21-19(24)22-18-6-3-5-16(13-18)14-23-12-4-11-20-23/h3-13H,2,14H2,1H3,(H2,21,22,24). The Kier molecular flexibility index (Phi) is 5.23. The first-order valence-electron chi connectivity index (χ1n) is 7.96. The van der Waals surface area contributed by atoms with Crippen LogP contribution in [0, 0.1) is 0 Å². The van der Waals surface area contributed by atoms with Crippen LogP contribution in [0.15, 0.2) is 67.0 Å². The Bertz CT molecular complexity index is 794. The first kappa shape index (κ1) is 16.2. The summed E-state index contributed by atoms with van der Waals surface area (Å²) in [5, 5.41) is 11.2. The molecule has 1 heterocycles. The third-order valence-electron chi connectivity index (χ3n) is 3.71. The van der Waals surface area contributed by atoms with Crippen molar-refractivity contribution in [2.75, 3.05) is 10.6 Å². The number of hydrogen-bond donors (Lipinski definition) is 2. The highest BCUT2D eigenvalue weighted by molar-refractivity contribution is 7.80. The summed E-state index contributed by atoms with van der Waals surface area (Å²) in [6.07, 6.45) is 4.77. The number of nitrogens with one attached hydrogen (secondary N) is 2. The third kappa shape index (κ3) is 4.43. The normalized spacial score (nSPS) is 10.4. The van der Waals surface area contributed by atoms with Crippen molar-refractivity contribution < 1.29 is 0 Å². The molecule has 0 fully saturated rings. The number of aryl methyl sites for hydroxylation is 1. The second-order valence-electron chi connectivity index (χ2n) is 5.53. The summed E-state index contributed by atoms with van der Waals surface area (Å²) in [5.74, 6) is 0. The van der Waals surface area contributed by atoms with Gasteiger partial charge in [0.15, 0.2) is 5.11 Å². The van der Waals surface area contributed by atoms with Crippen LogP contribution in [-0.2, 0) is 13.0 Å². The Balaban J connectivity index is 1.61. The van der Waals surface area contributed by atoms with E-state index >= 15 is 0 Å². The van der Waals surface area contributed by atoms with Gasteiger partial charge < -0.3 is 10.6 Å². The lowest BCUT2D eigenvalue weighted by molar-refractivity contribution is 0.687. The Hall–Kier alpha value is -2.66. The molecule has 0 unspecified atom stereocenters. The van der Waals surface area contributed by atoms with Crippen molar-refractivity contribution in [2.45, 2.75) is 19.9 Å². The molecule has 0 aliphatic heterocycles. The van der Waals surface area contributed by atoms with E-state index < -0.39 is 0 Å². The predicted molar refractivity (Wildman–Crippen MR) is 103 cm³/mol. The predicted octanol–water partition coefficient (Wildman–Crippen LogP) is 4.30. The van der Waals surface area contributed by atoms with E-state index in [9.17, 15) is 0 Å². The maximum Gasteiger partial charge on any atom is 0.175 e. The van der Waals surface area contributed by atoms with E-state index in [4.69, 9.17) is 12.2 Å². The van der Waals surface area contributed by atoms with Crippen LogP contribution in [-0.4, -0.2) is 14.9 Å². The minimum Gasteiger partial charge on any atom is -0.332 e. The van der Waals surface area contributed by atoms with Crippen LogP contribution in [0.4, 0.5) is 11.4 Å². The van der Waals surface area contributed by atoms with Crippen LogP contribution in [0.2, 0.25) is 0 Å². The summed E-state index contributed by atoms with van der Waals surface area (Å²) in [7, 11) is 0. The van der Waals surface area contributed by atoms with E-state index in [2.05, 4.69) is 46.9 Å². The molecule has 0 saturated carbocycles. The highest BCUT2D eigenvalue weighted by Gasteiger charge is 2.01. The molecule has 0 aliphatic rings. The number of nitrogens with zero attached hydrogens (tertiary/aromatic N) is 2. The van der Waals surface area contributed by atoms with E-state index in [-0.39, 0.29) is 0 Å². The number of anilines is 2. The summed E-state index contributed by atoms with van der Waals surface area (Å²) < 4.78 is 1.89. The lowest BCUT2D eigenvalue weighted by atomic mass is 10.1. The summed E-state index contributed by atoms with van der Waals surface area (Å²) >= 11 is 5.40. The minimum absolute atomic E-state index is 0.579. The first-order chi connectivity index (χ1) is 11.7. The zero-order chi connectivity index (χ0) is 16.8. The molecule has 0 bridgehead atoms. The lowest BCUT2D eigenvalue weighted by Crippen LogP contribution is -2.19. The zero-order valence-electron chi connectivity index (χ0n) is 13.6. The Labute approximate surface area is 147 Å². The quantitative estimate of drug-likeness (QED) is 0.682. The van der Waals surface area contributed by atoms with Gasteiger partial charge in [-0.2, -0.15) is 5.10 Å². The highest BCUT2D eigenvalue weighted by Crippen LogP contribution is 2.14. The average Bonchev–Trinajstić information content (AvgIpc) is 3.09. The molecule has 5 heteroatoms. The van der Waals surface area contributed by atoms with E-state index in [0.717, 1.165) is 24.3 Å². The van der Waals surface area contributed by atoms with Gasteiger partial charge in [0.05, 0.1) is 6.54 Å². The van der Waals surface area contributed by atoms with Crippen molar-refractivity contribution in [3.05, 3.63) is 78.1 Å². The highest BCUT2D eigenvalue weighted by atomic mass is 32.1. The maximum atomic E-state index is 5.40. The fraction of sp³-hybridized carbons (Fsp3) is 0.158. The van der Waals surface area contributed by atoms with Gasteiger partial charge in [0.1, 0.15) is 0 Å². The fourth-order valence-corrected chi connectivity index (χ4v) is 2.68. The Morgan fingerprint density at radius 3 is 2.50 bits per heavy atom. The number of rotatable bonds is 5. The minimum atomic E-state index is 0.579. The molecule has 0 radical (unpaired) electrons. The van der Waals surface area contributed by atoms with Crippen molar-refractivity contribution in [3.8, 4) is 0 Å². The fourth-order valence-electron chi connectivity index (χ4n) is 2.45. The monoisotopic (exact) mass is 336 g/mol. The largest absolute Gasteiger partial charge is 0.332 e. The number of hydrogen-bond acceptors (Lipinski definition) is 2. The summed E-state index contributed by atoms with van der Waals surface area (Å²) in [6, 6.07) is 18.4. The van der Waals surface area contributed by atoms with Crippen LogP contribution < -0.4 is 10.6 Å². The lowest BCUT2D eigenvalue weighted by Gasteiger charge is -2.12. The van der Waals surface area contributed by atoms with Crippen molar-refractivity contribution in [3.63, 3.8) is 0 Å². The molecule has 0 aliphatic carbocycles. The maximum absolute atomic E-state index is 5.40. The van der Waals surface area contributed by atoms with Crippen LogP contribution in [0.25, 0.3) is 0 Å².